The topological polar surface area (TPSA) is 20.2 Å². The van der Waals surface area contributed by atoms with E-state index in [1.54, 1.807) is 0 Å². The normalized spacial score (nSPS) is 17.1. The molecule has 1 aliphatic carbocycles. The molecule has 0 bridgehead atoms. The van der Waals surface area contributed by atoms with Crippen molar-refractivity contribution in [2.75, 3.05) is 0 Å². The Kier molecular flexibility index (Phi) is 3.62. The van der Waals surface area contributed by atoms with Crippen molar-refractivity contribution in [3.63, 3.8) is 0 Å². The molecule has 3 rings (SSSR count). The molecule has 0 amide bonds. The Hall–Kier alpha value is -1.60. The van der Waals surface area contributed by atoms with Gasteiger partial charge < -0.3 is 5.11 Å². The van der Waals surface area contributed by atoms with Crippen molar-refractivity contribution < 1.29 is 5.11 Å². The summed E-state index contributed by atoms with van der Waals surface area (Å²) in [6.07, 6.45) is 4.88. The second-order valence-corrected chi connectivity index (χ2v) is 6.51. The van der Waals surface area contributed by atoms with Gasteiger partial charge in [0.2, 0.25) is 0 Å². The molecule has 110 valence electrons. The average molecular weight is 280 g/mol. The summed E-state index contributed by atoms with van der Waals surface area (Å²) in [4.78, 5) is 0. The van der Waals surface area contributed by atoms with E-state index in [-0.39, 0.29) is 0 Å². The van der Waals surface area contributed by atoms with Crippen molar-refractivity contribution in [2.45, 2.75) is 52.1 Å². The second kappa shape index (κ2) is 5.31. The fourth-order valence-electron chi connectivity index (χ4n) is 3.47. The fourth-order valence-corrected chi connectivity index (χ4v) is 3.47. The van der Waals surface area contributed by atoms with Crippen molar-refractivity contribution in [3.8, 4) is 0 Å². The summed E-state index contributed by atoms with van der Waals surface area (Å²) in [5.74, 6) is 0. The molecule has 0 saturated carbocycles. The minimum absolute atomic E-state index is 0.928. The van der Waals surface area contributed by atoms with Crippen LogP contribution >= 0.6 is 0 Å². The minimum atomic E-state index is -0.928. The van der Waals surface area contributed by atoms with Gasteiger partial charge in [-0.2, -0.15) is 0 Å². The highest BCUT2D eigenvalue weighted by Crippen LogP contribution is 2.34. The molecule has 0 aliphatic heterocycles. The Bertz CT molecular complexity index is 668. The number of hydrogen-bond acceptors (Lipinski definition) is 1. The Morgan fingerprint density at radius 3 is 2.43 bits per heavy atom. The van der Waals surface area contributed by atoms with E-state index in [1.165, 1.54) is 41.5 Å². The molecule has 1 aliphatic rings. The van der Waals surface area contributed by atoms with Gasteiger partial charge in [-0.25, -0.2) is 0 Å². The molecular weight excluding hydrogens is 256 g/mol. The first-order chi connectivity index (χ1) is 10.00. The molecule has 2 aromatic carbocycles. The standard InChI is InChI=1S/C20H24O/c1-14-7-6-10-19(15(14)2)20(3,21)18-12-11-16-8-4-5-9-17(16)13-18/h6-7,10-13,21H,4-5,8-9H2,1-3H3. The lowest BCUT2D eigenvalue weighted by atomic mass is 9.81. The van der Waals surface area contributed by atoms with Gasteiger partial charge in [0.1, 0.15) is 5.60 Å². The molecular formula is C20H24O. The number of fused-ring (bicyclic) bond motifs is 1. The maximum Gasteiger partial charge on any atom is 0.112 e. The first kappa shape index (κ1) is 14.3. The fraction of sp³-hybridized carbons (Fsp3) is 0.400. The van der Waals surface area contributed by atoms with Gasteiger partial charge >= 0.3 is 0 Å². The van der Waals surface area contributed by atoms with Crippen LogP contribution in [-0.2, 0) is 18.4 Å². The van der Waals surface area contributed by atoms with E-state index < -0.39 is 5.60 Å². The first-order valence-corrected chi connectivity index (χ1v) is 7.91. The van der Waals surface area contributed by atoms with E-state index >= 15 is 0 Å². The smallest absolute Gasteiger partial charge is 0.112 e. The van der Waals surface area contributed by atoms with Crippen molar-refractivity contribution in [1.29, 1.82) is 0 Å². The molecule has 1 heteroatoms. The maximum absolute atomic E-state index is 11.2. The molecule has 2 aromatic rings. The van der Waals surface area contributed by atoms with Gasteiger partial charge in [-0.05, 0) is 79.8 Å². The van der Waals surface area contributed by atoms with Crippen LogP contribution in [0.3, 0.4) is 0 Å². The highest BCUT2D eigenvalue weighted by atomic mass is 16.3. The van der Waals surface area contributed by atoms with Crippen LogP contribution in [0.2, 0.25) is 0 Å². The molecule has 1 N–H and O–H groups in total. The first-order valence-electron chi connectivity index (χ1n) is 7.91. The van der Waals surface area contributed by atoms with E-state index in [2.05, 4.69) is 38.1 Å². The Balaban J connectivity index is 2.07. The van der Waals surface area contributed by atoms with E-state index in [0.29, 0.717) is 0 Å². The maximum atomic E-state index is 11.2. The molecule has 0 aromatic heterocycles. The number of hydrogen-bond donors (Lipinski definition) is 1. The SMILES string of the molecule is Cc1cccc(C(C)(O)c2ccc3c(c2)CCCC3)c1C. The van der Waals surface area contributed by atoms with Gasteiger partial charge in [0.25, 0.3) is 0 Å². The molecule has 0 radical (unpaired) electrons. The van der Waals surface area contributed by atoms with Gasteiger partial charge in [-0.3, -0.25) is 0 Å². The lowest BCUT2D eigenvalue weighted by Crippen LogP contribution is -2.25. The minimum Gasteiger partial charge on any atom is -0.381 e. The van der Waals surface area contributed by atoms with Crippen LogP contribution in [0.1, 0.15) is 53.1 Å². The third-order valence-corrected chi connectivity index (χ3v) is 5.04. The zero-order chi connectivity index (χ0) is 15.0. The predicted molar refractivity (Wildman–Crippen MR) is 87.7 cm³/mol. The highest BCUT2D eigenvalue weighted by molar-refractivity contribution is 5.45. The van der Waals surface area contributed by atoms with Gasteiger partial charge in [0.15, 0.2) is 0 Å². The summed E-state index contributed by atoms with van der Waals surface area (Å²) in [6, 6.07) is 12.7. The van der Waals surface area contributed by atoms with E-state index in [4.69, 9.17) is 0 Å². The van der Waals surface area contributed by atoms with Crippen molar-refractivity contribution in [1.82, 2.24) is 0 Å². The summed E-state index contributed by atoms with van der Waals surface area (Å²) in [5.41, 5.74) is 6.38. The summed E-state index contributed by atoms with van der Waals surface area (Å²) >= 11 is 0. The number of benzene rings is 2. The molecule has 0 fully saturated rings. The molecule has 21 heavy (non-hydrogen) atoms. The quantitative estimate of drug-likeness (QED) is 0.862. The third kappa shape index (κ3) is 2.51. The monoisotopic (exact) mass is 280 g/mol. The second-order valence-electron chi connectivity index (χ2n) is 6.51. The highest BCUT2D eigenvalue weighted by Gasteiger charge is 2.28. The molecule has 0 spiro atoms. The number of rotatable bonds is 2. The Morgan fingerprint density at radius 2 is 1.67 bits per heavy atom. The predicted octanol–water partition coefficient (Wildman–Crippen LogP) is 4.44. The van der Waals surface area contributed by atoms with Crippen LogP contribution in [0, 0.1) is 13.8 Å². The zero-order valence-electron chi connectivity index (χ0n) is 13.2. The summed E-state index contributed by atoms with van der Waals surface area (Å²) in [6.45, 7) is 6.11. The molecule has 1 unspecified atom stereocenters. The van der Waals surface area contributed by atoms with E-state index in [1.807, 2.05) is 19.1 Å². The summed E-state index contributed by atoms with van der Waals surface area (Å²) in [7, 11) is 0. The third-order valence-electron chi connectivity index (χ3n) is 5.04. The van der Waals surface area contributed by atoms with Gasteiger partial charge in [0, 0.05) is 0 Å². The van der Waals surface area contributed by atoms with Gasteiger partial charge in [0.05, 0.1) is 0 Å². The van der Waals surface area contributed by atoms with Crippen molar-refractivity contribution >= 4 is 0 Å². The molecule has 0 saturated heterocycles. The van der Waals surface area contributed by atoms with Crippen LogP contribution < -0.4 is 0 Å². The van der Waals surface area contributed by atoms with E-state index in [9.17, 15) is 5.11 Å². The molecule has 1 atom stereocenters. The van der Waals surface area contributed by atoms with Crippen LogP contribution in [0.15, 0.2) is 36.4 Å². The lowest BCUT2D eigenvalue weighted by Gasteiger charge is -2.29. The Morgan fingerprint density at radius 1 is 0.952 bits per heavy atom. The number of aliphatic hydroxyl groups is 1. The molecule has 0 heterocycles. The van der Waals surface area contributed by atoms with Crippen molar-refractivity contribution in [2.24, 2.45) is 0 Å². The summed E-state index contributed by atoms with van der Waals surface area (Å²) in [5, 5.41) is 11.2. The average Bonchev–Trinajstić information content (AvgIpc) is 2.49. The summed E-state index contributed by atoms with van der Waals surface area (Å²) < 4.78 is 0. The lowest BCUT2D eigenvalue weighted by molar-refractivity contribution is 0.101. The van der Waals surface area contributed by atoms with Gasteiger partial charge in [-0.1, -0.05) is 36.4 Å². The molecule has 1 nitrogen and oxygen atoms in total. The van der Waals surface area contributed by atoms with Crippen LogP contribution in [0.5, 0.6) is 0 Å². The zero-order valence-corrected chi connectivity index (χ0v) is 13.2. The van der Waals surface area contributed by atoms with Crippen LogP contribution in [-0.4, -0.2) is 5.11 Å². The number of aryl methyl sites for hydroxylation is 3. The van der Waals surface area contributed by atoms with Crippen molar-refractivity contribution in [3.05, 3.63) is 69.8 Å². The van der Waals surface area contributed by atoms with Crippen LogP contribution in [0.25, 0.3) is 0 Å². The van der Waals surface area contributed by atoms with Gasteiger partial charge in [-0.15, -0.1) is 0 Å². The largest absolute Gasteiger partial charge is 0.381 e. The van der Waals surface area contributed by atoms with E-state index in [0.717, 1.165) is 17.5 Å². The van der Waals surface area contributed by atoms with Crippen LogP contribution in [0.4, 0.5) is 0 Å². The Labute approximate surface area is 127 Å².